The SMILES string of the molecule is Cc1cc(-c2cncc(F)c2)nn2c(C(=O)NC(C3CC3)C(F)(F)F)cnc12. The van der Waals surface area contributed by atoms with Gasteiger partial charge >= 0.3 is 6.18 Å². The van der Waals surface area contributed by atoms with E-state index >= 15 is 0 Å². The van der Waals surface area contributed by atoms with E-state index in [2.05, 4.69) is 20.4 Å². The van der Waals surface area contributed by atoms with E-state index in [0.717, 1.165) is 6.20 Å². The van der Waals surface area contributed by atoms with Crippen molar-refractivity contribution in [3.63, 3.8) is 0 Å². The second-order valence-electron chi connectivity index (χ2n) is 6.81. The van der Waals surface area contributed by atoms with Gasteiger partial charge < -0.3 is 5.32 Å². The Morgan fingerprint density at radius 2 is 2.00 bits per heavy atom. The molecule has 1 aliphatic rings. The molecule has 1 aliphatic carbocycles. The number of alkyl halides is 3. The van der Waals surface area contributed by atoms with Gasteiger partial charge in [-0.25, -0.2) is 13.9 Å². The summed E-state index contributed by atoms with van der Waals surface area (Å²) in [6.07, 6.45) is -0.0602. The number of aryl methyl sites for hydroxylation is 1. The Morgan fingerprint density at radius 1 is 1.25 bits per heavy atom. The molecule has 3 aromatic rings. The minimum atomic E-state index is -4.53. The molecule has 0 aliphatic heterocycles. The Kier molecular flexibility index (Phi) is 4.28. The number of carbonyl (C=O) groups excluding carboxylic acids is 1. The van der Waals surface area contributed by atoms with Gasteiger partial charge in [0, 0.05) is 11.8 Å². The van der Waals surface area contributed by atoms with Gasteiger partial charge in [-0.05, 0) is 43.4 Å². The quantitative estimate of drug-likeness (QED) is 0.691. The lowest BCUT2D eigenvalue weighted by atomic mass is 10.1. The minimum absolute atomic E-state index is 0.126. The highest BCUT2D eigenvalue weighted by Crippen LogP contribution is 2.40. The Labute approximate surface area is 156 Å². The number of halogens is 4. The van der Waals surface area contributed by atoms with E-state index in [1.807, 2.05) is 0 Å². The van der Waals surface area contributed by atoms with Crippen molar-refractivity contribution in [3.8, 4) is 11.3 Å². The number of hydrogen-bond acceptors (Lipinski definition) is 4. The third kappa shape index (κ3) is 3.41. The number of nitrogens with one attached hydrogen (secondary N) is 1. The molecule has 0 bridgehead atoms. The predicted molar refractivity (Wildman–Crippen MR) is 90.9 cm³/mol. The van der Waals surface area contributed by atoms with Crippen LogP contribution in [0.15, 0.2) is 30.7 Å². The topological polar surface area (TPSA) is 72.2 Å². The second kappa shape index (κ2) is 6.54. The first kappa shape index (κ1) is 18.3. The largest absolute Gasteiger partial charge is 0.408 e. The van der Waals surface area contributed by atoms with E-state index in [0.29, 0.717) is 35.3 Å². The van der Waals surface area contributed by atoms with Crippen molar-refractivity contribution in [1.29, 1.82) is 0 Å². The molecule has 1 N–H and O–H groups in total. The van der Waals surface area contributed by atoms with Gasteiger partial charge in [0.2, 0.25) is 0 Å². The van der Waals surface area contributed by atoms with Crippen molar-refractivity contribution in [1.82, 2.24) is 24.9 Å². The maximum atomic E-state index is 13.5. The molecule has 28 heavy (non-hydrogen) atoms. The van der Waals surface area contributed by atoms with Crippen LogP contribution in [0.25, 0.3) is 16.9 Å². The van der Waals surface area contributed by atoms with Crippen LogP contribution in [0.5, 0.6) is 0 Å². The lowest BCUT2D eigenvalue weighted by molar-refractivity contribution is -0.158. The number of amides is 1. The van der Waals surface area contributed by atoms with Crippen LogP contribution in [-0.2, 0) is 0 Å². The van der Waals surface area contributed by atoms with Gasteiger partial charge in [-0.15, -0.1) is 0 Å². The molecule has 6 nitrogen and oxygen atoms in total. The Hall–Kier alpha value is -3.04. The molecule has 1 saturated carbocycles. The van der Waals surface area contributed by atoms with E-state index in [4.69, 9.17) is 0 Å². The second-order valence-corrected chi connectivity index (χ2v) is 6.81. The van der Waals surface area contributed by atoms with Crippen LogP contribution < -0.4 is 5.32 Å². The summed E-state index contributed by atoms with van der Waals surface area (Å²) in [5.41, 5.74) is 1.52. The van der Waals surface area contributed by atoms with Crippen LogP contribution >= 0.6 is 0 Å². The van der Waals surface area contributed by atoms with Crippen molar-refractivity contribution in [2.24, 2.45) is 5.92 Å². The average molecular weight is 393 g/mol. The maximum Gasteiger partial charge on any atom is 0.408 e. The Bertz CT molecular complexity index is 1060. The summed E-state index contributed by atoms with van der Waals surface area (Å²) in [5, 5.41) is 6.33. The van der Waals surface area contributed by atoms with E-state index in [1.165, 1.54) is 23.0 Å². The van der Waals surface area contributed by atoms with Gasteiger partial charge in [0.25, 0.3) is 5.91 Å². The number of nitrogens with zero attached hydrogens (tertiary/aromatic N) is 4. The fraction of sp³-hybridized carbons (Fsp3) is 0.333. The number of imidazole rings is 1. The Morgan fingerprint density at radius 3 is 2.64 bits per heavy atom. The van der Waals surface area contributed by atoms with Crippen molar-refractivity contribution in [2.75, 3.05) is 0 Å². The first-order valence-electron chi connectivity index (χ1n) is 8.58. The summed E-state index contributed by atoms with van der Waals surface area (Å²) in [7, 11) is 0. The molecule has 1 atom stereocenters. The van der Waals surface area contributed by atoms with E-state index in [9.17, 15) is 22.4 Å². The number of rotatable bonds is 4. The first-order chi connectivity index (χ1) is 13.2. The molecule has 1 amide bonds. The van der Waals surface area contributed by atoms with Crippen molar-refractivity contribution < 1.29 is 22.4 Å². The molecular weight excluding hydrogens is 378 g/mol. The van der Waals surface area contributed by atoms with Gasteiger partial charge in [0.05, 0.1) is 18.1 Å². The monoisotopic (exact) mass is 393 g/mol. The lowest BCUT2D eigenvalue weighted by Gasteiger charge is -2.21. The predicted octanol–water partition coefficient (Wildman–Crippen LogP) is 3.31. The third-order valence-corrected chi connectivity index (χ3v) is 4.62. The maximum absolute atomic E-state index is 13.5. The summed E-state index contributed by atoms with van der Waals surface area (Å²) < 4.78 is 54.3. The smallest absolute Gasteiger partial charge is 0.339 e. The van der Waals surface area contributed by atoms with Crippen LogP contribution in [0.3, 0.4) is 0 Å². The fourth-order valence-electron chi connectivity index (χ4n) is 3.08. The molecular formula is C18H15F4N5O. The normalized spacial score (nSPS) is 15.6. The van der Waals surface area contributed by atoms with Gasteiger partial charge in [0.15, 0.2) is 11.3 Å². The fourth-order valence-corrected chi connectivity index (χ4v) is 3.08. The summed E-state index contributed by atoms with van der Waals surface area (Å²) >= 11 is 0. The third-order valence-electron chi connectivity index (χ3n) is 4.62. The summed E-state index contributed by atoms with van der Waals surface area (Å²) in [5.74, 6) is -2.08. The van der Waals surface area contributed by atoms with Crippen molar-refractivity contribution in [2.45, 2.75) is 32.0 Å². The van der Waals surface area contributed by atoms with Gasteiger partial charge in [-0.1, -0.05) is 0 Å². The number of carbonyl (C=O) groups is 1. The van der Waals surface area contributed by atoms with E-state index in [-0.39, 0.29) is 5.69 Å². The summed E-state index contributed by atoms with van der Waals surface area (Å²) in [6, 6.07) is 0.968. The number of aromatic nitrogens is 4. The zero-order chi connectivity index (χ0) is 20.1. The van der Waals surface area contributed by atoms with Crippen LogP contribution in [0, 0.1) is 18.7 Å². The molecule has 10 heteroatoms. The van der Waals surface area contributed by atoms with Crippen LogP contribution in [0.4, 0.5) is 17.6 Å². The highest BCUT2D eigenvalue weighted by molar-refractivity contribution is 5.93. The van der Waals surface area contributed by atoms with E-state index in [1.54, 1.807) is 13.0 Å². The molecule has 1 fully saturated rings. The molecule has 146 valence electrons. The molecule has 1 unspecified atom stereocenters. The standard InChI is InChI=1S/C18H15F4N5O/c1-9-4-13(11-5-12(19)7-23-6-11)26-27-14(8-24-16(9)27)17(28)25-15(10-2-3-10)18(20,21)22/h4-8,10,15H,2-3H2,1H3,(H,25,28). The minimum Gasteiger partial charge on any atom is -0.339 e. The lowest BCUT2D eigenvalue weighted by Crippen LogP contribution is -2.47. The zero-order valence-corrected chi connectivity index (χ0v) is 14.7. The molecule has 0 radical (unpaired) electrons. The summed E-state index contributed by atoms with van der Waals surface area (Å²) in [6.45, 7) is 1.71. The first-order valence-corrected chi connectivity index (χ1v) is 8.58. The average Bonchev–Trinajstić information content (AvgIpc) is 3.36. The number of pyridine rings is 1. The molecule has 3 aromatic heterocycles. The molecule has 4 rings (SSSR count). The number of fused-ring (bicyclic) bond motifs is 1. The highest BCUT2D eigenvalue weighted by atomic mass is 19.4. The Balaban J connectivity index is 1.72. The summed E-state index contributed by atoms with van der Waals surface area (Å²) in [4.78, 5) is 20.4. The van der Waals surface area contributed by atoms with Gasteiger partial charge in [0.1, 0.15) is 11.9 Å². The molecule has 3 heterocycles. The van der Waals surface area contributed by atoms with Gasteiger partial charge in [-0.3, -0.25) is 9.78 Å². The van der Waals surface area contributed by atoms with Crippen molar-refractivity contribution >= 4 is 11.6 Å². The molecule has 0 aromatic carbocycles. The van der Waals surface area contributed by atoms with Crippen LogP contribution in [0.1, 0.15) is 28.9 Å². The van der Waals surface area contributed by atoms with Crippen LogP contribution in [0.2, 0.25) is 0 Å². The highest BCUT2D eigenvalue weighted by Gasteiger charge is 2.49. The molecule has 0 saturated heterocycles. The van der Waals surface area contributed by atoms with Gasteiger partial charge in [-0.2, -0.15) is 18.3 Å². The van der Waals surface area contributed by atoms with E-state index < -0.39 is 29.9 Å². The molecule has 0 spiro atoms. The zero-order valence-electron chi connectivity index (χ0n) is 14.7. The van der Waals surface area contributed by atoms with Crippen LogP contribution in [-0.4, -0.2) is 37.7 Å². The number of hydrogen-bond donors (Lipinski definition) is 1. The van der Waals surface area contributed by atoms with Crippen molar-refractivity contribution in [3.05, 3.63) is 47.8 Å².